The number of carbonyl (C=O) groups is 1. The molecule has 0 aliphatic rings. The van der Waals surface area contributed by atoms with Crippen LogP contribution in [0.1, 0.15) is 4.88 Å². The molecule has 3 rings (SSSR count). The van der Waals surface area contributed by atoms with Crippen LogP contribution in [0.15, 0.2) is 58.7 Å². The summed E-state index contributed by atoms with van der Waals surface area (Å²) in [5, 5.41) is 9.35. The van der Waals surface area contributed by atoms with E-state index < -0.39 is 5.97 Å². The molecule has 6 heteroatoms. The molecule has 0 spiro atoms. The topological polar surface area (TPSA) is 65.2 Å². The molecule has 104 valence electrons. The Kier molecular flexibility index (Phi) is 3.88. The molecule has 2 heterocycles. The van der Waals surface area contributed by atoms with Crippen molar-refractivity contribution >= 4 is 23.4 Å². The van der Waals surface area contributed by atoms with E-state index in [0.29, 0.717) is 11.6 Å². The van der Waals surface area contributed by atoms with E-state index in [0.717, 1.165) is 10.4 Å². The van der Waals surface area contributed by atoms with Gasteiger partial charge in [-0.25, -0.2) is 4.79 Å². The van der Waals surface area contributed by atoms with Crippen molar-refractivity contribution in [3.8, 4) is 17.2 Å². The van der Waals surface area contributed by atoms with Crippen molar-refractivity contribution in [2.24, 2.45) is 0 Å². The van der Waals surface area contributed by atoms with Crippen LogP contribution >= 0.6 is 11.3 Å². The van der Waals surface area contributed by atoms with Gasteiger partial charge < -0.3 is 9.15 Å². The lowest BCUT2D eigenvalue weighted by Gasteiger charge is -2.01. The summed E-state index contributed by atoms with van der Waals surface area (Å²) >= 11 is 1.55. The summed E-state index contributed by atoms with van der Waals surface area (Å²) in [6.07, 6.45) is 4.39. The number of ether oxygens (including phenoxy) is 1. The fourth-order valence-electron chi connectivity index (χ4n) is 1.65. The van der Waals surface area contributed by atoms with Gasteiger partial charge in [0.25, 0.3) is 0 Å². The second kappa shape index (κ2) is 6.15. The Morgan fingerprint density at radius 2 is 2.10 bits per heavy atom. The van der Waals surface area contributed by atoms with Gasteiger partial charge in [-0.1, -0.05) is 6.07 Å². The minimum Gasteiger partial charge on any atom is -0.423 e. The molecular weight excluding hydrogens is 288 g/mol. The van der Waals surface area contributed by atoms with Gasteiger partial charge in [-0.2, -0.15) is 0 Å². The predicted octanol–water partition coefficient (Wildman–Crippen LogP) is 3.42. The maximum absolute atomic E-state index is 11.7. The molecule has 0 atom stereocenters. The van der Waals surface area contributed by atoms with E-state index in [1.807, 2.05) is 17.5 Å². The number of hydrogen-bond acceptors (Lipinski definition) is 6. The first-order chi connectivity index (χ1) is 10.3. The number of benzene rings is 1. The zero-order valence-corrected chi connectivity index (χ0v) is 11.6. The molecule has 3 aromatic rings. The van der Waals surface area contributed by atoms with Crippen molar-refractivity contribution in [1.29, 1.82) is 0 Å². The van der Waals surface area contributed by atoms with Crippen LogP contribution in [0.2, 0.25) is 0 Å². The third-order valence-corrected chi connectivity index (χ3v) is 3.44. The number of esters is 1. The molecule has 0 aliphatic heterocycles. The maximum Gasteiger partial charge on any atom is 0.336 e. The second-order valence-corrected chi connectivity index (χ2v) is 5.02. The smallest absolute Gasteiger partial charge is 0.336 e. The first-order valence-electron chi connectivity index (χ1n) is 6.11. The molecule has 21 heavy (non-hydrogen) atoms. The third-order valence-electron chi connectivity index (χ3n) is 2.61. The molecule has 0 saturated heterocycles. The number of carbonyl (C=O) groups excluding carboxylic acids is 1. The minimum atomic E-state index is -0.422. The molecule has 0 fully saturated rings. The van der Waals surface area contributed by atoms with E-state index in [-0.39, 0.29) is 0 Å². The summed E-state index contributed by atoms with van der Waals surface area (Å²) in [6.45, 7) is 0. The molecule has 2 aromatic heterocycles. The third kappa shape index (κ3) is 3.43. The summed E-state index contributed by atoms with van der Waals surface area (Å²) in [5.41, 5.74) is 0.765. The van der Waals surface area contributed by atoms with E-state index in [1.165, 1.54) is 12.5 Å². The van der Waals surface area contributed by atoms with Gasteiger partial charge in [0.15, 0.2) is 0 Å². The Hall–Kier alpha value is -2.73. The van der Waals surface area contributed by atoms with Crippen LogP contribution in [-0.4, -0.2) is 16.2 Å². The molecule has 0 amide bonds. The Labute approximate surface area is 124 Å². The number of rotatable bonds is 4. The zero-order chi connectivity index (χ0) is 14.5. The number of hydrogen-bond donors (Lipinski definition) is 0. The Morgan fingerprint density at radius 3 is 2.76 bits per heavy atom. The van der Waals surface area contributed by atoms with Crippen LogP contribution in [0.25, 0.3) is 17.5 Å². The normalized spacial score (nSPS) is 10.9. The van der Waals surface area contributed by atoms with Crippen LogP contribution in [0.4, 0.5) is 0 Å². The molecule has 0 unspecified atom stereocenters. The Morgan fingerprint density at radius 1 is 1.24 bits per heavy atom. The van der Waals surface area contributed by atoms with Crippen LogP contribution in [-0.2, 0) is 4.79 Å². The highest BCUT2D eigenvalue weighted by molar-refractivity contribution is 7.10. The van der Waals surface area contributed by atoms with Gasteiger partial charge in [0, 0.05) is 16.5 Å². The summed E-state index contributed by atoms with van der Waals surface area (Å²) < 4.78 is 10.3. The van der Waals surface area contributed by atoms with E-state index in [4.69, 9.17) is 9.15 Å². The first-order valence-corrected chi connectivity index (χ1v) is 6.99. The van der Waals surface area contributed by atoms with Crippen LogP contribution in [0.3, 0.4) is 0 Å². The number of nitrogens with zero attached hydrogens (tertiary/aromatic N) is 2. The average molecular weight is 298 g/mol. The van der Waals surface area contributed by atoms with Crippen molar-refractivity contribution in [3.05, 3.63) is 59.1 Å². The zero-order valence-electron chi connectivity index (χ0n) is 10.8. The highest BCUT2D eigenvalue weighted by Crippen LogP contribution is 2.20. The van der Waals surface area contributed by atoms with Crippen molar-refractivity contribution in [2.75, 3.05) is 0 Å². The molecular formula is C15H10N2O3S. The standard InChI is InChI=1S/C15H10N2O3S/c18-14(8-7-13-2-1-9-21-13)20-12-5-3-11(4-6-12)15-17-16-10-19-15/h1-10H/b8-7+. The molecule has 0 saturated carbocycles. The molecule has 0 bridgehead atoms. The van der Waals surface area contributed by atoms with Gasteiger partial charge in [-0.3, -0.25) is 0 Å². The van der Waals surface area contributed by atoms with E-state index in [2.05, 4.69) is 10.2 Å². The van der Waals surface area contributed by atoms with Gasteiger partial charge in [0.1, 0.15) is 5.75 Å². The largest absolute Gasteiger partial charge is 0.423 e. The van der Waals surface area contributed by atoms with Crippen molar-refractivity contribution in [1.82, 2.24) is 10.2 Å². The quantitative estimate of drug-likeness (QED) is 0.419. The molecule has 5 nitrogen and oxygen atoms in total. The summed E-state index contributed by atoms with van der Waals surface area (Å²) in [4.78, 5) is 12.7. The number of aromatic nitrogens is 2. The number of thiophene rings is 1. The van der Waals surface area contributed by atoms with Gasteiger partial charge in [-0.05, 0) is 41.8 Å². The lowest BCUT2D eigenvalue weighted by molar-refractivity contribution is -0.128. The highest BCUT2D eigenvalue weighted by Gasteiger charge is 2.05. The molecule has 0 N–H and O–H groups in total. The van der Waals surface area contributed by atoms with Gasteiger partial charge in [0.2, 0.25) is 12.3 Å². The fraction of sp³-hybridized carbons (Fsp3) is 0. The lowest BCUT2D eigenvalue weighted by Crippen LogP contribution is -2.03. The van der Waals surface area contributed by atoms with Gasteiger partial charge in [-0.15, -0.1) is 21.5 Å². The lowest BCUT2D eigenvalue weighted by atomic mass is 10.2. The maximum atomic E-state index is 11.7. The van der Waals surface area contributed by atoms with Crippen LogP contribution in [0.5, 0.6) is 5.75 Å². The van der Waals surface area contributed by atoms with E-state index in [9.17, 15) is 4.79 Å². The highest BCUT2D eigenvalue weighted by atomic mass is 32.1. The summed E-state index contributed by atoms with van der Waals surface area (Å²) in [6, 6.07) is 10.7. The Bertz CT molecular complexity index is 732. The first kappa shape index (κ1) is 13.3. The molecule has 1 aromatic carbocycles. The van der Waals surface area contributed by atoms with Gasteiger partial charge >= 0.3 is 5.97 Å². The summed E-state index contributed by atoms with van der Waals surface area (Å²) in [5.74, 6) is 0.457. The Balaban J connectivity index is 1.64. The van der Waals surface area contributed by atoms with E-state index >= 15 is 0 Å². The molecule has 0 aliphatic carbocycles. The predicted molar refractivity (Wildman–Crippen MR) is 78.7 cm³/mol. The monoisotopic (exact) mass is 298 g/mol. The SMILES string of the molecule is O=C(/C=C/c1cccs1)Oc1ccc(-c2nnco2)cc1. The van der Waals surface area contributed by atoms with Crippen LogP contribution in [0, 0.1) is 0 Å². The van der Waals surface area contributed by atoms with Crippen LogP contribution < -0.4 is 4.74 Å². The average Bonchev–Trinajstić information content (AvgIpc) is 3.19. The molecule has 0 radical (unpaired) electrons. The summed E-state index contributed by atoms with van der Waals surface area (Å²) in [7, 11) is 0. The van der Waals surface area contributed by atoms with Crippen molar-refractivity contribution in [2.45, 2.75) is 0 Å². The van der Waals surface area contributed by atoms with Crippen molar-refractivity contribution in [3.63, 3.8) is 0 Å². The minimum absolute atomic E-state index is 0.422. The van der Waals surface area contributed by atoms with Crippen molar-refractivity contribution < 1.29 is 13.9 Å². The van der Waals surface area contributed by atoms with E-state index in [1.54, 1.807) is 41.7 Å². The van der Waals surface area contributed by atoms with Gasteiger partial charge in [0.05, 0.1) is 0 Å². The second-order valence-electron chi connectivity index (χ2n) is 4.04. The fourth-order valence-corrected chi connectivity index (χ4v) is 2.27.